The molecule has 0 unspecified atom stereocenters. The molecule has 108 valence electrons. The number of ether oxygens (including phenoxy) is 2. The largest absolute Gasteiger partial charge is 0.373 e. The lowest BCUT2D eigenvalue weighted by Gasteiger charge is -2.06. The summed E-state index contributed by atoms with van der Waals surface area (Å²) in [5.41, 5.74) is 13.2. The highest BCUT2D eigenvalue weighted by atomic mass is 16.5. The van der Waals surface area contributed by atoms with Crippen LogP contribution in [0.1, 0.15) is 12.8 Å². The number of hydrogen-bond donors (Lipinski definition) is 2. The fraction of sp³-hybridized carbons (Fsp3) is 0.800. The molecule has 0 bridgehead atoms. The van der Waals surface area contributed by atoms with Crippen LogP contribution in [0.2, 0.25) is 0 Å². The van der Waals surface area contributed by atoms with Gasteiger partial charge in [-0.05, 0) is 30.0 Å². The highest BCUT2D eigenvalue weighted by molar-refractivity contribution is 5.78. The first-order valence-electron chi connectivity index (χ1n) is 5.91. The molecule has 0 spiro atoms. The second-order valence-electron chi connectivity index (χ2n) is 3.53. The fourth-order valence-electron chi connectivity index (χ4n) is 1.04. The van der Waals surface area contributed by atoms with E-state index in [9.17, 15) is 9.59 Å². The minimum absolute atomic E-state index is 0.0101. The third-order valence-corrected chi connectivity index (χ3v) is 1.90. The molecule has 0 aliphatic heterocycles. The van der Waals surface area contributed by atoms with E-state index in [0.717, 1.165) is 6.42 Å². The molecule has 0 aliphatic rings. The van der Waals surface area contributed by atoms with Crippen molar-refractivity contribution < 1.29 is 19.1 Å². The number of azide groups is 1. The summed E-state index contributed by atoms with van der Waals surface area (Å²) in [6, 6.07) is 0. The Hall–Kier alpha value is -1.67. The number of nitrogens with zero attached hydrogens (tertiary/aromatic N) is 3. The molecule has 0 radical (unpaired) electrons. The van der Waals surface area contributed by atoms with Gasteiger partial charge >= 0.3 is 0 Å². The first-order chi connectivity index (χ1) is 9.20. The first kappa shape index (κ1) is 17.3. The zero-order chi connectivity index (χ0) is 14.3. The van der Waals surface area contributed by atoms with Crippen LogP contribution in [-0.2, 0) is 19.1 Å². The third kappa shape index (κ3) is 12.6. The van der Waals surface area contributed by atoms with E-state index in [0.29, 0.717) is 32.7 Å². The van der Waals surface area contributed by atoms with E-state index in [1.54, 1.807) is 0 Å². The lowest BCUT2D eigenvalue weighted by molar-refractivity contribution is -0.126. The predicted molar refractivity (Wildman–Crippen MR) is 67.1 cm³/mol. The molecule has 3 N–H and O–H groups in total. The second-order valence-corrected chi connectivity index (χ2v) is 3.53. The van der Waals surface area contributed by atoms with E-state index in [2.05, 4.69) is 15.3 Å². The fourth-order valence-corrected chi connectivity index (χ4v) is 1.04. The van der Waals surface area contributed by atoms with Crippen molar-refractivity contribution in [3.63, 3.8) is 0 Å². The van der Waals surface area contributed by atoms with Crippen LogP contribution >= 0.6 is 0 Å². The molecule has 0 rings (SSSR count). The van der Waals surface area contributed by atoms with E-state index in [-0.39, 0.29) is 19.1 Å². The molecule has 19 heavy (non-hydrogen) atoms. The van der Waals surface area contributed by atoms with E-state index in [1.807, 2.05) is 0 Å². The molecule has 0 saturated heterocycles. The highest BCUT2D eigenvalue weighted by Gasteiger charge is 2.01. The Balaban J connectivity index is 3.31. The Labute approximate surface area is 111 Å². The Kier molecular flexibility index (Phi) is 11.7. The van der Waals surface area contributed by atoms with Crippen LogP contribution in [0.4, 0.5) is 0 Å². The molecule has 2 amide bonds. The number of carbonyl (C=O) groups is 2. The lowest BCUT2D eigenvalue weighted by Crippen LogP contribution is -2.29. The van der Waals surface area contributed by atoms with Gasteiger partial charge < -0.3 is 20.5 Å². The molecule has 9 heteroatoms. The average Bonchev–Trinajstić information content (AvgIpc) is 2.39. The van der Waals surface area contributed by atoms with Crippen molar-refractivity contribution in [2.24, 2.45) is 10.8 Å². The third-order valence-electron chi connectivity index (χ3n) is 1.90. The maximum absolute atomic E-state index is 11.2. The van der Waals surface area contributed by atoms with Gasteiger partial charge in [0.15, 0.2) is 0 Å². The van der Waals surface area contributed by atoms with E-state index < -0.39 is 5.91 Å². The van der Waals surface area contributed by atoms with Gasteiger partial charge in [-0.2, -0.15) is 0 Å². The first-order valence-corrected chi connectivity index (χ1v) is 5.91. The molecule has 9 nitrogen and oxygen atoms in total. The van der Waals surface area contributed by atoms with Crippen LogP contribution in [0.5, 0.6) is 0 Å². The standard InChI is InChI=1S/C10H19N5O4/c11-3-1-5-18-7-9(16)13-4-2-6-19-8-10(17)14-15-12/h1-8,11H2,(H,13,16). The summed E-state index contributed by atoms with van der Waals surface area (Å²) in [6.45, 7) is 1.48. The molecule has 0 aromatic rings. The molecule has 0 saturated carbocycles. The highest BCUT2D eigenvalue weighted by Crippen LogP contribution is 1.85. The molecule has 0 aliphatic carbocycles. The van der Waals surface area contributed by atoms with Crippen LogP contribution in [0.15, 0.2) is 5.11 Å². The Bertz CT molecular complexity index is 317. The summed E-state index contributed by atoms with van der Waals surface area (Å²) in [5, 5.41) is 5.47. The van der Waals surface area contributed by atoms with Gasteiger partial charge in [-0.15, -0.1) is 0 Å². The van der Waals surface area contributed by atoms with Crippen LogP contribution in [0.25, 0.3) is 10.4 Å². The van der Waals surface area contributed by atoms with Crippen LogP contribution in [0, 0.1) is 0 Å². The molecule has 0 heterocycles. The maximum Gasteiger partial charge on any atom is 0.245 e. The Morgan fingerprint density at radius 3 is 2.58 bits per heavy atom. The number of nitrogens with one attached hydrogen (secondary N) is 1. The summed E-state index contributed by atoms with van der Waals surface area (Å²) in [7, 11) is 0. The van der Waals surface area contributed by atoms with Crippen LogP contribution in [-0.4, -0.2) is 51.3 Å². The molecular weight excluding hydrogens is 254 g/mol. The van der Waals surface area contributed by atoms with Gasteiger partial charge in [0.05, 0.1) is 0 Å². The molecule has 0 fully saturated rings. The number of amides is 2. The number of carbonyl (C=O) groups excluding carboxylic acids is 2. The van der Waals surface area contributed by atoms with Crippen molar-refractivity contribution in [2.75, 3.05) is 39.5 Å². The number of rotatable bonds is 11. The lowest BCUT2D eigenvalue weighted by atomic mass is 10.4. The molecule has 0 aromatic heterocycles. The van der Waals surface area contributed by atoms with Crippen molar-refractivity contribution in [2.45, 2.75) is 12.8 Å². The summed E-state index contributed by atoms with van der Waals surface area (Å²) in [6.07, 6.45) is 1.28. The van der Waals surface area contributed by atoms with Crippen molar-refractivity contribution in [1.29, 1.82) is 0 Å². The average molecular weight is 273 g/mol. The monoisotopic (exact) mass is 273 g/mol. The Morgan fingerprint density at radius 1 is 1.21 bits per heavy atom. The van der Waals surface area contributed by atoms with Crippen LogP contribution in [0.3, 0.4) is 0 Å². The molecule has 0 aromatic carbocycles. The zero-order valence-electron chi connectivity index (χ0n) is 10.7. The summed E-state index contributed by atoms with van der Waals surface area (Å²) in [5.74, 6) is -0.873. The van der Waals surface area contributed by atoms with E-state index in [1.165, 1.54) is 0 Å². The van der Waals surface area contributed by atoms with Gasteiger partial charge in [0.1, 0.15) is 13.2 Å². The predicted octanol–water partition coefficient (Wildman–Crippen LogP) is -0.288. The van der Waals surface area contributed by atoms with E-state index in [4.69, 9.17) is 20.7 Å². The number of hydrogen-bond acceptors (Lipinski definition) is 5. The van der Waals surface area contributed by atoms with Gasteiger partial charge in [-0.25, -0.2) is 0 Å². The van der Waals surface area contributed by atoms with Gasteiger partial charge in [0.25, 0.3) is 0 Å². The second kappa shape index (κ2) is 12.8. The smallest absolute Gasteiger partial charge is 0.245 e. The van der Waals surface area contributed by atoms with Gasteiger partial charge in [-0.3, -0.25) is 9.59 Å². The molecular formula is C10H19N5O4. The summed E-state index contributed by atoms with van der Waals surface area (Å²) >= 11 is 0. The minimum Gasteiger partial charge on any atom is -0.373 e. The van der Waals surface area contributed by atoms with Gasteiger partial charge in [0.2, 0.25) is 11.8 Å². The van der Waals surface area contributed by atoms with Crippen molar-refractivity contribution in [3.05, 3.63) is 10.4 Å². The van der Waals surface area contributed by atoms with Gasteiger partial charge in [0, 0.05) is 24.7 Å². The quantitative estimate of drug-likeness (QED) is 0.230. The SMILES string of the molecule is [N-]=[N+]=NC(=O)COCCCNC(=O)COCCCN. The number of nitrogens with two attached hydrogens (primary N) is 1. The summed E-state index contributed by atoms with van der Waals surface area (Å²) < 4.78 is 9.99. The molecule has 0 atom stereocenters. The maximum atomic E-state index is 11.2. The van der Waals surface area contributed by atoms with E-state index >= 15 is 0 Å². The summed E-state index contributed by atoms with van der Waals surface area (Å²) in [4.78, 5) is 24.3. The normalized spacial score (nSPS) is 9.74. The van der Waals surface area contributed by atoms with Gasteiger partial charge in [-0.1, -0.05) is 0 Å². The topological polar surface area (TPSA) is 139 Å². The van der Waals surface area contributed by atoms with Crippen molar-refractivity contribution in [1.82, 2.24) is 5.32 Å². The minimum atomic E-state index is -0.667. The zero-order valence-corrected chi connectivity index (χ0v) is 10.7. The van der Waals surface area contributed by atoms with Crippen LogP contribution < -0.4 is 11.1 Å². The Morgan fingerprint density at radius 2 is 1.89 bits per heavy atom. The van der Waals surface area contributed by atoms with Crippen molar-refractivity contribution in [3.8, 4) is 0 Å². The van der Waals surface area contributed by atoms with Crippen molar-refractivity contribution >= 4 is 11.8 Å².